The second-order valence-corrected chi connectivity index (χ2v) is 6.21. The highest BCUT2D eigenvalue weighted by atomic mass is 32.2. The Hall–Kier alpha value is -0.910. The van der Waals surface area contributed by atoms with E-state index in [-0.39, 0.29) is 0 Å². The Morgan fingerprint density at radius 3 is 2.44 bits per heavy atom. The van der Waals surface area contributed by atoms with Crippen LogP contribution in [-0.4, -0.2) is 25.8 Å². The zero-order chi connectivity index (χ0) is 13.8. The molecular formula is C13H22N2O2S. The van der Waals surface area contributed by atoms with Crippen LogP contribution >= 0.6 is 0 Å². The van der Waals surface area contributed by atoms with Gasteiger partial charge in [-0.15, -0.1) is 0 Å². The fraction of sp³-hybridized carbons (Fsp3) is 0.538. The van der Waals surface area contributed by atoms with Gasteiger partial charge in [-0.1, -0.05) is 26.0 Å². The molecule has 0 aliphatic rings. The van der Waals surface area contributed by atoms with Crippen molar-refractivity contribution >= 4 is 10.0 Å². The smallest absolute Gasteiger partial charge is 0.243 e. The van der Waals surface area contributed by atoms with Crippen LogP contribution in [0.15, 0.2) is 23.1 Å². The molecule has 0 aliphatic carbocycles. The molecule has 0 atom stereocenters. The molecule has 1 aromatic carbocycles. The van der Waals surface area contributed by atoms with Crippen LogP contribution in [0.2, 0.25) is 0 Å². The van der Waals surface area contributed by atoms with Crippen LogP contribution < -0.4 is 5.73 Å². The van der Waals surface area contributed by atoms with Crippen molar-refractivity contribution in [1.29, 1.82) is 0 Å². The van der Waals surface area contributed by atoms with Gasteiger partial charge in [0.25, 0.3) is 0 Å². The second kappa shape index (κ2) is 6.31. The molecular weight excluding hydrogens is 248 g/mol. The van der Waals surface area contributed by atoms with Crippen molar-refractivity contribution in [3.05, 3.63) is 29.3 Å². The summed E-state index contributed by atoms with van der Waals surface area (Å²) in [5, 5.41) is 0. The summed E-state index contributed by atoms with van der Waals surface area (Å²) >= 11 is 0. The molecule has 0 bridgehead atoms. The molecule has 1 aromatic rings. The van der Waals surface area contributed by atoms with Gasteiger partial charge in [-0.3, -0.25) is 0 Å². The minimum absolute atomic E-state index is 0.350. The average Bonchev–Trinajstić information content (AvgIpc) is 2.36. The molecule has 5 heteroatoms. The van der Waals surface area contributed by atoms with Gasteiger partial charge in [0.15, 0.2) is 0 Å². The van der Waals surface area contributed by atoms with Crippen molar-refractivity contribution in [2.75, 3.05) is 13.1 Å². The van der Waals surface area contributed by atoms with E-state index in [1.165, 1.54) is 4.31 Å². The van der Waals surface area contributed by atoms with Crippen molar-refractivity contribution in [2.45, 2.75) is 38.6 Å². The summed E-state index contributed by atoms with van der Waals surface area (Å²) in [6, 6.07) is 5.36. The van der Waals surface area contributed by atoms with E-state index in [1.54, 1.807) is 6.07 Å². The van der Waals surface area contributed by atoms with Crippen LogP contribution in [0.3, 0.4) is 0 Å². The highest BCUT2D eigenvalue weighted by molar-refractivity contribution is 7.89. The Morgan fingerprint density at radius 1 is 1.28 bits per heavy atom. The van der Waals surface area contributed by atoms with E-state index >= 15 is 0 Å². The van der Waals surface area contributed by atoms with Crippen LogP contribution in [0.4, 0.5) is 0 Å². The molecule has 2 N–H and O–H groups in total. The standard InChI is InChI=1S/C13H22N2O2S/c1-4-8-15(5-2)18(16,17)13-9-12(10-14)7-6-11(13)3/h6-7,9H,4-5,8,10,14H2,1-3H3. The number of nitrogens with two attached hydrogens (primary N) is 1. The van der Waals surface area contributed by atoms with Gasteiger partial charge in [-0.05, 0) is 30.5 Å². The first-order valence-electron chi connectivity index (χ1n) is 6.27. The van der Waals surface area contributed by atoms with Crippen LogP contribution in [0, 0.1) is 6.92 Å². The largest absolute Gasteiger partial charge is 0.326 e. The van der Waals surface area contributed by atoms with E-state index in [2.05, 4.69) is 0 Å². The fourth-order valence-electron chi connectivity index (χ4n) is 1.89. The summed E-state index contributed by atoms with van der Waals surface area (Å²) in [6.45, 7) is 7.03. The molecule has 0 saturated heterocycles. The molecule has 18 heavy (non-hydrogen) atoms. The minimum Gasteiger partial charge on any atom is -0.326 e. The molecule has 0 unspecified atom stereocenters. The van der Waals surface area contributed by atoms with E-state index in [0.29, 0.717) is 24.5 Å². The van der Waals surface area contributed by atoms with E-state index in [9.17, 15) is 8.42 Å². The zero-order valence-corrected chi connectivity index (χ0v) is 12.1. The van der Waals surface area contributed by atoms with Gasteiger partial charge in [0.2, 0.25) is 10.0 Å². The zero-order valence-electron chi connectivity index (χ0n) is 11.3. The monoisotopic (exact) mass is 270 g/mol. The lowest BCUT2D eigenvalue weighted by molar-refractivity contribution is 0.426. The summed E-state index contributed by atoms with van der Waals surface area (Å²) in [6.07, 6.45) is 0.808. The molecule has 0 saturated carbocycles. The molecule has 1 rings (SSSR count). The molecule has 0 heterocycles. The molecule has 4 nitrogen and oxygen atoms in total. The van der Waals surface area contributed by atoms with Gasteiger partial charge in [-0.2, -0.15) is 4.31 Å². The summed E-state index contributed by atoms with van der Waals surface area (Å²) in [4.78, 5) is 0.376. The molecule has 0 aromatic heterocycles. The van der Waals surface area contributed by atoms with E-state index in [0.717, 1.165) is 17.5 Å². The number of benzene rings is 1. The van der Waals surface area contributed by atoms with Crippen LogP contribution in [0.5, 0.6) is 0 Å². The Labute approximate surface area is 110 Å². The van der Waals surface area contributed by atoms with Gasteiger partial charge in [0.1, 0.15) is 0 Å². The molecule has 0 amide bonds. The highest BCUT2D eigenvalue weighted by Gasteiger charge is 2.24. The predicted octanol–water partition coefficient (Wildman–Crippen LogP) is 1.87. The molecule has 102 valence electrons. The maximum Gasteiger partial charge on any atom is 0.243 e. The Balaban J connectivity index is 3.26. The third-order valence-corrected chi connectivity index (χ3v) is 5.05. The minimum atomic E-state index is -3.40. The summed E-state index contributed by atoms with van der Waals surface area (Å²) in [7, 11) is -3.40. The van der Waals surface area contributed by atoms with Crippen molar-refractivity contribution in [2.24, 2.45) is 5.73 Å². The number of sulfonamides is 1. The van der Waals surface area contributed by atoms with Gasteiger partial charge in [0, 0.05) is 19.6 Å². The van der Waals surface area contributed by atoms with E-state index in [1.807, 2.05) is 32.9 Å². The Morgan fingerprint density at radius 2 is 1.94 bits per heavy atom. The Kier molecular flexibility index (Phi) is 5.31. The molecule has 0 aliphatic heterocycles. The first-order chi connectivity index (χ1) is 8.47. The number of rotatable bonds is 6. The van der Waals surface area contributed by atoms with Crippen molar-refractivity contribution < 1.29 is 8.42 Å². The summed E-state index contributed by atoms with van der Waals surface area (Å²) < 4.78 is 26.6. The lowest BCUT2D eigenvalue weighted by Crippen LogP contribution is -2.32. The molecule has 0 spiro atoms. The first-order valence-corrected chi connectivity index (χ1v) is 7.71. The first kappa shape index (κ1) is 15.1. The van der Waals surface area contributed by atoms with E-state index < -0.39 is 10.0 Å². The SMILES string of the molecule is CCCN(CC)S(=O)(=O)c1cc(CN)ccc1C. The van der Waals surface area contributed by atoms with Gasteiger partial charge in [-0.25, -0.2) is 8.42 Å². The molecule has 0 radical (unpaired) electrons. The van der Waals surface area contributed by atoms with E-state index in [4.69, 9.17) is 5.73 Å². The van der Waals surface area contributed by atoms with Crippen LogP contribution in [0.1, 0.15) is 31.4 Å². The van der Waals surface area contributed by atoms with Gasteiger partial charge >= 0.3 is 0 Å². The van der Waals surface area contributed by atoms with Crippen molar-refractivity contribution in [1.82, 2.24) is 4.31 Å². The number of nitrogens with zero attached hydrogens (tertiary/aromatic N) is 1. The third-order valence-electron chi connectivity index (χ3n) is 2.93. The number of hydrogen-bond acceptors (Lipinski definition) is 3. The maximum absolute atomic E-state index is 12.5. The average molecular weight is 270 g/mol. The summed E-state index contributed by atoms with van der Waals surface area (Å²) in [5.74, 6) is 0. The normalized spacial score (nSPS) is 12.1. The molecule has 0 fully saturated rings. The topological polar surface area (TPSA) is 63.4 Å². The fourth-order valence-corrected chi connectivity index (χ4v) is 3.70. The number of aryl methyl sites for hydroxylation is 1. The van der Waals surface area contributed by atoms with Crippen LogP contribution in [-0.2, 0) is 16.6 Å². The van der Waals surface area contributed by atoms with Crippen molar-refractivity contribution in [3.63, 3.8) is 0 Å². The Bertz CT molecular complexity index is 498. The second-order valence-electron chi connectivity index (χ2n) is 4.30. The van der Waals surface area contributed by atoms with Gasteiger partial charge in [0.05, 0.1) is 4.90 Å². The lowest BCUT2D eigenvalue weighted by Gasteiger charge is -2.21. The lowest BCUT2D eigenvalue weighted by atomic mass is 10.1. The highest BCUT2D eigenvalue weighted by Crippen LogP contribution is 2.21. The quantitative estimate of drug-likeness (QED) is 0.858. The van der Waals surface area contributed by atoms with Crippen molar-refractivity contribution in [3.8, 4) is 0 Å². The third kappa shape index (κ3) is 3.10. The number of hydrogen-bond donors (Lipinski definition) is 1. The maximum atomic E-state index is 12.5. The van der Waals surface area contributed by atoms with Crippen LogP contribution in [0.25, 0.3) is 0 Å². The summed E-state index contributed by atoms with van der Waals surface area (Å²) in [5.41, 5.74) is 7.18. The van der Waals surface area contributed by atoms with Gasteiger partial charge < -0.3 is 5.73 Å². The predicted molar refractivity (Wildman–Crippen MR) is 73.8 cm³/mol.